The summed E-state index contributed by atoms with van der Waals surface area (Å²) in [5.74, 6) is -2.44. The lowest BCUT2D eigenvalue weighted by atomic mass is 9.98. The van der Waals surface area contributed by atoms with Gasteiger partial charge in [-0.15, -0.1) is 0 Å². The van der Waals surface area contributed by atoms with Crippen molar-refractivity contribution >= 4 is 23.8 Å². The number of esters is 1. The number of unbranched alkanes of at least 4 members (excludes halogenated alkanes) is 1. The molecule has 3 aromatic rings. The molecule has 0 bridgehead atoms. The van der Waals surface area contributed by atoms with Crippen molar-refractivity contribution in [3.05, 3.63) is 76.9 Å². The third kappa shape index (κ3) is 6.54. The maximum absolute atomic E-state index is 12.8. The van der Waals surface area contributed by atoms with Crippen LogP contribution in [0.5, 0.6) is 0 Å². The Morgan fingerprint density at radius 2 is 1.66 bits per heavy atom. The predicted molar refractivity (Wildman–Crippen MR) is 150 cm³/mol. The highest BCUT2D eigenvalue weighted by molar-refractivity contribution is 6.02. The molecule has 1 aromatic heterocycles. The molecule has 216 valence electrons. The summed E-state index contributed by atoms with van der Waals surface area (Å²) in [5, 5.41) is 21.1. The first kappa shape index (κ1) is 29.7. The van der Waals surface area contributed by atoms with Crippen molar-refractivity contribution in [2.24, 2.45) is 0 Å². The fraction of sp³-hybridized carbons (Fsp3) is 0.387. The molecule has 2 heterocycles. The zero-order chi connectivity index (χ0) is 29.9. The molecular weight excluding hydrogens is 526 g/mol. The van der Waals surface area contributed by atoms with Crippen LogP contribution in [-0.2, 0) is 27.3 Å². The maximum atomic E-state index is 12.8. The molecule has 1 aliphatic heterocycles. The van der Waals surface area contributed by atoms with E-state index in [-0.39, 0.29) is 30.8 Å². The molecule has 1 unspecified atom stereocenters. The molecule has 41 heavy (non-hydrogen) atoms. The second kappa shape index (κ2) is 12.1. The molecule has 1 aliphatic rings. The normalized spacial score (nSPS) is 14.4. The molecule has 2 amide bonds. The number of aliphatic hydroxyl groups is 1. The Morgan fingerprint density at radius 3 is 2.24 bits per heavy atom. The third-order valence-electron chi connectivity index (χ3n) is 6.76. The summed E-state index contributed by atoms with van der Waals surface area (Å²) in [7, 11) is 0. The summed E-state index contributed by atoms with van der Waals surface area (Å²) in [4.78, 5) is 54.9. The number of nitrogens with zero attached hydrogens (tertiary/aromatic N) is 3. The number of aryl methyl sites for hydroxylation is 1. The number of hydrogen-bond acceptors (Lipinski definition) is 7. The number of imide groups is 1. The number of carbonyl (C=O) groups is 4. The molecule has 1 fully saturated rings. The monoisotopic (exact) mass is 561 g/mol. The topological polar surface area (TPSA) is 139 Å². The van der Waals surface area contributed by atoms with E-state index in [0.717, 1.165) is 24.0 Å². The summed E-state index contributed by atoms with van der Waals surface area (Å²) in [5.41, 5.74) is 1.55. The number of aliphatic hydroxyl groups excluding tert-OH is 1. The Hall–Kier alpha value is -4.31. The number of imidazole rings is 1. The fourth-order valence-electron chi connectivity index (χ4n) is 4.83. The van der Waals surface area contributed by atoms with E-state index < -0.39 is 35.6 Å². The van der Waals surface area contributed by atoms with E-state index in [1.54, 1.807) is 12.1 Å². The van der Waals surface area contributed by atoms with Gasteiger partial charge in [0.05, 0.1) is 5.56 Å². The van der Waals surface area contributed by atoms with Crippen LogP contribution in [0.15, 0.2) is 48.5 Å². The second-order valence-corrected chi connectivity index (χ2v) is 11.0. The van der Waals surface area contributed by atoms with Gasteiger partial charge in [-0.2, -0.15) is 0 Å². The standard InChI is InChI=1S/C31H35N3O7/c1-5-6-11-23-32-26(28(37)34-24(35)16-17-25(34)36)27(29(38)39)33(23)18-19-12-14-20(15-13-19)21-9-7-8-10-22(21)30(40)41-31(2,3)4/h7-10,12-15,28,37H,5-6,11,16-18H2,1-4H3,(H,38,39). The Kier molecular flexibility index (Phi) is 8.72. The maximum Gasteiger partial charge on any atom is 0.354 e. The van der Waals surface area contributed by atoms with Gasteiger partial charge < -0.3 is 19.5 Å². The molecule has 0 aliphatic carbocycles. The van der Waals surface area contributed by atoms with Gasteiger partial charge in [0.1, 0.15) is 17.1 Å². The van der Waals surface area contributed by atoms with Gasteiger partial charge in [0.25, 0.3) is 0 Å². The molecule has 4 rings (SSSR count). The zero-order valence-corrected chi connectivity index (χ0v) is 23.7. The lowest BCUT2D eigenvalue weighted by Gasteiger charge is -2.20. The molecule has 1 atom stereocenters. The summed E-state index contributed by atoms with van der Waals surface area (Å²) in [6.07, 6.45) is 0.162. The number of carbonyl (C=O) groups excluding carboxylic acids is 3. The smallest absolute Gasteiger partial charge is 0.354 e. The van der Waals surface area contributed by atoms with Crippen molar-refractivity contribution < 1.29 is 34.1 Å². The van der Waals surface area contributed by atoms with Crippen LogP contribution in [0.4, 0.5) is 0 Å². The van der Waals surface area contributed by atoms with Gasteiger partial charge in [0.15, 0.2) is 11.9 Å². The molecular formula is C31H35N3O7. The van der Waals surface area contributed by atoms with Crippen molar-refractivity contribution in [1.29, 1.82) is 0 Å². The van der Waals surface area contributed by atoms with E-state index in [1.165, 1.54) is 4.57 Å². The Morgan fingerprint density at radius 1 is 1.02 bits per heavy atom. The average molecular weight is 562 g/mol. The van der Waals surface area contributed by atoms with Gasteiger partial charge in [0.2, 0.25) is 11.8 Å². The highest BCUT2D eigenvalue weighted by Gasteiger charge is 2.39. The van der Waals surface area contributed by atoms with Crippen LogP contribution in [0, 0.1) is 0 Å². The zero-order valence-electron chi connectivity index (χ0n) is 23.7. The Bertz CT molecular complexity index is 1450. The first-order valence-electron chi connectivity index (χ1n) is 13.7. The summed E-state index contributed by atoms with van der Waals surface area (Å²) >= 11 is 0. The minimum Gasteiger partial charge on any atom is -0.477 e. The second-order valence-electron chi connectivity index (χ2n) is 11.0. The lowest BCUT2D eigenvalue weighted by Crippen LogP contribution is -2.34. The number of carboxylic acid groups (broad SMARTS) is 1. The van der Waals surface area contributed by atoms with Crippen LogP contribution in [0.3, 0.4) is 0 Å². The predicted octanol–water partition coefficient (Wildman–Crippen LogP) is 4.73. The van der Waals surface area contributed by atoms with E-state index >= 15 is 0 Å². The van der Waals surface area contributed by atoms with Crippen molar-refractivity contribution in [2.45, 2.75) is 78.2 Å². The number of likely N-dealkylation sites (tertiary alicyclic amines) is 1. The number of carboxylic acids is 1. The van der Waals surface area contributed by atoms with Crippen LogP contribution in [0.2, 0.25) is 0 Å². The molecule has 1 saturated heterocycles. The number of amides is 2. The fourth-order valence-corrected chi connectivity index (χ4v) is 4.83. The lowest BCUT2D eigenvalue weighted by molar-refractivity contribution is -0.150. The number of benzene rings is 2. The summed E-state index contributed by atoms with van der Waals surface area (Å²) in [6.45, 7) is 7.56. The number of ether oxygens (including phenoxy) is 1. The van der Waals surface area contributed by atoms with Gasteiger partial charge in [-0.25, -0.2) is 19.5 Å². The highest BCUT2D eigenvalue weighted by atomic mass is 16.6. The first-order chi connectivity index (χ1) is 19.4. The first-order valence-corrected chi connectivity index (χ1v) is 13.7. The van der Waals surface area contributed by atoms with Crippen LogP contribution < -0.4 is 0 Å². The number of aromatic nitrogens is 2. The molecule has 10 heteroatoms. The third-order valence-corrected chi connectivity index (χ3v) is 6.76. The number of aromatic carboxylic acids is 1. The SMILES string of the molecule is CCCCc1nc(C(O)N2C(=O)CCC2=O)c(C(=O)O)n1Cc1ccc(-c2ccccc2C(=O)OC(C)(C)C)cc1. The average Bonchev–Trinajstić information content (AvgIpc) is 3.45. The minimum atomic E-state index is -1.78. The Labute approximate surface area is 238 Å². The molecule has 0 saturated carbocycles. The van der Waals surface area contributed by atoms with Gasteiger partial charge in [0, 0.05) is 25.8 Å². The van der Waals surface area contributed by atoms with E-state index in [4.69, 9.17) is 4.74 Å². The van der Waals surface area contributed by atoms with Gasteiger partial charge >= 0.3 is 11.9 Å². The van der Waals surface area contributed by atoms with Crippen molar-refractivity contribution in [3.63, 3.8) is 0 Å². The Balaban J connectivity index is 1.68. The minimum absolute atomic E-state index is 0.0366. The number of rotatable bonds is 10. The largest absolute Gasteiger partial charge is 0.477 e. The van der Waals surface area contributed by atoms with Crippen molar-refractivity contribution in [1.82, 2.24) is 14.5 Å². The van der Waals surface area contributed by atoms with Gasteiger partial charge in [-0.1, -0.05) is 55.8 Å². The van der Waals surface area contributed by atoms with Crippen LogP contribution in [0.1, 0.15) is 97.5 Å². The quantitative estimate of drug-likeness (QED) is 0.267. The van der Waals surface area contributed by atoms with Crippen molar-refractivity contribution in [2.75, 3.05) is 0 Å². The summed E-state index contributed by atoms with van der Waals surface area (Å²) in [6, 6.07) is 14.5. The molecule has 0 radical (unpaired) electrons. The summed E-state index contributed by atoms with van der Waals surface area (Å²) < 4.78 is 7.09. The van der Waals surface area contributed by atoms with E-state index in [2.05, 4.69) is 4.98 Å². The highest BCUT2D eigenvalue weighted by Crippen LogP contribution is 2.30. The van der Waals surface area contributed by atoms with E-state index in [1.807, 2.05) is 64.1 Å². The van der Waals surface area contributed by atoms with Gasteiger partial charge in [-0.05, 0) is 49.9 Å². The van der Waals surface area contributed by atoms with E-state index in [9.17, 15) is 29.4 Å². The molecule has 2 N–H and O–H groups in total. The van der Waals surface area contributed by atoms with E-state index in [0.29, 0.717) is 28.3 Å². The van der Waals surface area contributed by atoms with Crippen molar-refractivity contribution in [3.8, 4) is 11.1 Å². The molecule has 2 aromatic carbocycles. The van der Waals surface area contributed by atoms with Crippen LogP contribution in [0.25, 0.3) is 11.1 Å². The van der Waals surface area contributed by atoms with Crippen LogP contribution in [-0.4, -0.2) is 54.0 Å². The van der Waals surface area contributed by atoms with Gasteiger partial charge in [-0.3, -0.25) is 9.59 Å². The molecule has 0 spiro atoms. The number of hydrogen-bond donors (Lipinski definition) is 2. The van der Waals surface area contributed by atoms with Crippen LogP contribution >= 0.6 is 0 Å². The molecule has 10 nitrogen and oxygen atoms in total.